The molecule has 1 aromatic carbocycles. The minimum absolute atomic E-state index is 0.0646. The zero-order chi connectivity index (χ0) is 15.9. The van der Waals surface area contributed by atoms with Crippen LogP contribution in [0.15, 0.2) is 48.8 Å². The Kier molecular flexibility index (Phi) is 5.67. The van der Waals surface area contributed by atoms with Crippen molar-refractivity contribution in [2.24, 2.45) is 5.92 Å². The fourth-order valence-electron chi connectivity index (χ4n) is 2.51. The van der Waals surface area contributed by atoms with E-state index in [0.717, 1.165) is 0 Å². The first-order valence-corrected chi connectivity index (χ1v) is 7.50. The van der Waals surface area contributed by atoms with E-state index in [0.29, 0.717) is 23.6 Å². The van der Waals surface area contributed by atoms with Crippen LogP contribution in [-0.2, 0) is 11.4 Å². The molecule has 116 valence electrons. The number of anilines is 1. The number of nitrogens with one attached hydrogen (secondary N) is 1. The third kappa shape index (κ3) is 4.15. The van der Waals surface area contributed by atoms with Gasteiger partial charge in [0, 0.05) is 18.2 Å². The summed E-state index contributed by atoms with van der Waals surface area (Å²) in [7, 11) is 0. The number of hydrogen-bond acceptors (Lipinski definition) is 3. The molecular formula is C18H22N2O2. The SMILES string of the molecule is CC(C)C(CC(=O)Nc1cnccc1CO)c1ccccc1. The van der Waals surface area contributed by atoms with Crippen LogP contribution in [0.4, 0.5) is 5.69 Å². The molecule has 4 nitrogen and oxygen atoms in total. The highest BCUT2D eigenvalue weighted by atomic mass is 16.3. The van der Waals surface area contributed by atoms with Gasteiger partial charge in [-0.1, -0.05) is 44.2 Å². The first-order valence-electron chi connectivity index (χ1n) is 7.50. The summed E-state index contributed by atoms with van der Waals surface area (Å²) in [5, 5.41) is 12.2. The van der Waals surface area contributed by atoms with Crippen LogP contribution in [0.2, 0.25) is 0 Å². The number of carbonyl (C=O) groups excluding carboxylic acids is 1. The maximum atomic E-state index is 12.3. The molecule has 0 aliphatic heterocycles. The van der Waals surface area contributed by atoms with Gasteiger partial charge in [0.15, 0.2) is 0 Å². The molecule has 1 unspecified atom stereocenters. The van der Waals surface area contributed by atoms with Crippen molar-refractivity contribution in [1.29, 1.82) is 0 Å². The second-order valence-electron chi connectivity index (χ2n) is 5.70. The van der Waals surface area contributed by atoms with Gasteiger partial charge in [0.2, 0.25) is 5.91 Å². The average molecular weight is 298 g/mol. The van der Waals surface area contributed by atoms with Crippen LogP contribution in [0, 0.1) is 5.92 Å². The molecule has 0 aliphatic carbocycles. The van der Waals surface area contributed by atoms with Gasteiger partial charge in [-0.15, -0.1) is 0 Å². The molecule has 0 fully saturated rings. The Hall–Kier alpha value is -2.20. The summed E-state index contributed by atoms with van der Waals surface area (Å²) < 4.78 is 0. The maximum Gasteiger partial charge on any atom is 0.225 e. The summed E-state index contributed by atoms with van der Waals surface area (Å²) in [5.74, 6) is 0.458. The first kappa shape index (κ1) is 16.2. The van der Waals surface area contributed by atoms with E-state index in [-0.39, 0.29) is 18.4 Å². The van der Waals surface area contributed by atoms with Crippen LogP contribution in [-0.4, -0.2) is 16.0 Å². The van der Waals surface area contributed by atoms with Gasteiger partial charge in [-0.2, -0.15) is 0 Å². The van der Waals surface area contributed by atoms with Gasteiger partial charge in [0.25, 0.3) is 0 Å². The number of carbonyl (C=O) groups is 1. The Morgan fingerprint density at radius 1 is 1.23 bits per heavy atom. The van der Waals surface area contributed by atoms with Crippen molar-refractivity contribution >= 4 is 11.6 Å². The van der Waals surface area contributed by atoms with E-state index in [4.69, 9.17) is 0 Å². The fourth-order valence-corrected chi connectivity index (χ4v) is 2.51. The summed E-state index contributed by atoms with van der Waals surface area (Å²) in [6.45, 7) is 4.12. The largest absolute Gasteiger partial charge is 0.392 e. The maximum absolute atomic E-state index is 12.3. The molecule has 1 aromatic heterocycles. The van der Waals surface area contributed by atoms with Crippen LogP contribution in [0.1, 0.15) is 37.3 Å². The van der Waals surface area contributed by atoms with Gasteiger partial charge in [-0.3, -0.25) is 9.78 Å². The summed E-state index contributed by atoms with van der Waals surface area (Å²) in [6, 6.07) is 11.8. The van der Waals surface area contributed by atoms with Crippen LogP contribution in [0.5, 0.6) is 0 Å². The molecule has 22 heavy (non-hydrogen) atoms. The van der Waals surface area contributed by atoms with Crippen molar-refractivity contribution in [3.05, 3.63) is 59.9 Å². The predicted molar refractivity (Wildman–Crippen MR) is 87.4 cm³/mol. The lowest BCUT2D eigenvalue weighted by Crippen LogP contribution is -2.19. The molecule has 1 atom stereocenters. The number of hydrogen-bond donors (Lipinski definition) is 2. The van der Waals surface area contributed by atoms with Gasteiger partial charge in [-0.25, -0.2) is 0 Å². The van der Waals surface area contributed by atoms with Gasteiger partial charge in [0.05, 0.1) is 18.5 Å². The third-order valence-electron chi connectivity index (χ3n) is 3.79. The monoisotopic (exact) mass is 298 g/mol. The number of rotatable bonds is 6. The van der Waals surface area contributed by atoms with Crippen molar-refractivity contribution in [2.75, 3.05) is 5.32 Å². The van der Waals surface area contributed by atoms with Crippen molar-refractivity contribution in [2.45, 2.75) is 32.8 Å². The molecule has 0 saturated heterocycles. The molecule has 4 heteroatoms. The second kappa shape index (κ2) is 7.71. The van der Waals surface area contributed by atoms with E-state index < -0.39 is 0 Å². The number of benzene rings is 1. The number of amides is 1. The van der Waals surface area contributed by atoms with Gasteiger partial charge >= 0.3 is 0 Å². The average Bonchev–Trinajstić information content (AvgIpc) is 2.53. The zero-order valence-electron chi connectivity index (χ0n) is 13.0. The Morgan fingerprint density at radius 2 is 1.95 bits per heavy atom. The van der Waals surface area contributed by atoms with Crippen molar-refractivity contribution in [1.82, 2.24) is 4.98 Å². The Morgan fingerprint density at radius 3 is 2.59 bits per heavy atom. The smallest absolute Gasteiger partial charge is 0.225 e. The van der Waals surface area contributed by atoms with Gasteiger partial charge < -0.3 is 10.4 Å². The van der Waals surface area contributed by atoms with Gasteiger partial charge in [0.1, 0.15) is 0 Å². The molecule has 0 spiro atoms. The lowest BCUT2D eigenvalue weighted by Gasteiger charge is -2.21. The molecule has 0 aliphatic rings. The minimum atomic E-state index is -0.121. The predicted octanol–water partition coefficient (Wildman–Crippen LogP) is 3.34. The Labute approximate surface area is 131 Å². The van der Waals surface area contributed by atoms with Crippen LogP contribution < -0.4 is 5.32 Å². The highest BCUT2D eigenvalue weighted by Gasteiger charge is 2.20. The fraction of sp³-hybridized carbons (Fsp3) is 0.333. The van der Waals surface area contributed by atoms with Crippen molar-refractivity contribution in [3.8, 4) is 0 Å². The van der Waals surface area contributed by atoms with E-state index in [1.54, 1.807) is 18.5 Å². The van der Waals surface area contributed by atoms with Crippen LogP contribution in [0.3, 0.4) is 0 Å². The zero-order valence-corrected chi connectivity index (χ0v) is 13.0. The Balaban J connectivity index is 2.09. The molecule has 0 bridgehead atoms. The lowest BCUT2D eigenvalue weighted by molar-refractivity contribution is -0.116. The minimum Gasteiger partial charge on any atom is -0.392 e. The molecule has 1 amide bonds. The second-order valence-corrected chi connectivity index (χ2v) is 5.70. The van der Waals surface area contributed by atoms with Crippen LogP contribution >= 0.6 is 0 Å². The Bertz CT molecular complexity index is 611. The molecule has 1 heterocycles. The standard InChI is InChI=1S/C18H22N2O2/c1-13(2)16(14-6-4-3-5-7-14)10-18(22)20-17-11-19-9-8-15(17)12-21/h3-9,11,13,16,21H,10,12H2,1-2H3,(H,20,22). The quantitative estimate of drug-likeness (QED) is 0.859. The molecular weight excluding hydrogens is 276 g/mol. The first-order chi connectivity index (χ1) is 10.6. The number of aliphatic hydroxyl groups is 1. The lowest BCUT2D eigenvalue weighted by atomic mass is 9.85. The summed E-state index contributed by atoms with van der Waals surface area (Å²) in [4.78, 5) is 16.3. The summed E-state index contributed by atoms with van der Waals surface area (Å²) >= 11 is 0. The highest BCUT2D eigenvalue weighted by Crippen LogP contribution is 2.28. The number of pyridine rings is 1. The van der Waals surface area contributed by atoms with Crippen molar-refractivity contribution < 1.29 is 9.90 Å². The third-order valence-corrected chi connectivity index (χ3v) is 3.79. The van der Waals surface area contributed by atoms with E-state index in [1.165, 1.54) is 5.56 Å². The molecule has 0 radical (unpaired) electrons. The normalized spacial score (nSPS) is 12.2. The van der Waals surface area contributed by atoms with E-state index in [2.05, 4.69) is 36.3 Å². The molecule has 0 saturated carbocycles. The topological polar surface area (TPSA) is 62.2 Å². The number of aliphatic hydroxyl groups excluding tert-OH is 1. The van der Waals surface area contributed by atoms with E-state index >= 15 is 0 Å². The van der Waals surface area contributed by atoms with Crippen molar-refractivity contribution in [3.63, 3.8) is 0 Å². The van der Waals surface area contributed by atoms with Gasteiger partial charge in [-0.05, 0) is 23.5 Å². The number of nitrogens with zero attached hydrogens (tertiary/aromatic N) is 1. The van der Waals surface area contributed by atoms with Crippen LogP contribution in [0.25, 0.3) is 0 Å². The summed E-state index contributed by atoms with van der Waals surface area (Å²) in [5.41, 5.74) is 2.41. The molecule has 2 aromatic rings. The molecule has 2 N–H and O–H groups in total. The summed E-state index contributed by atoms with van der Waals surface area (Å²) in [6.07, 6.45) is 3.57. The number of aromatic nitrogens is 1. The van der Waals surface area contributed by atoms with E-state index in [1.807, 2.05) is 18.2 Å². The highest BCUT2D eigenvalue weighted by molar-refractivity contribution is 5.91. The van der Waals surface area contributed by atoms with E-state index in [9.17, 15) is 9.90 Å². The molecule has 2 rings (SSSR count).